The Kier molecular flexibility index (Phi) is 6.21. The first-order chi connectivity index (χ1) is 11.5. The molecule has 3 nitrogen and oxygen atoms in total. The topological polar surface area (TPSA) is 46.5 Å². The molecule has 0 spiro atoms. The van der Waals surface area contributed by atoms with Crippen molar-refractivity contribution < 1.29 is 14.6 Å². The Labute approximate surface area is 146 Å². The first-order valence-electron chi connectivity index (χ1n) is 7.54. The number of phenols is 1. The van der Waals surface area contributed by atoms with Crippen LogP contribution in [0.25, 0.3) is 6.08 Å². The van der Waals surface area contributed by atoms with E-state index in [1.165, 1.54) is 12.1 Å². The molecule has 124 valence electrons. The van der Waals surface area contributed by atoms with Crippen molar-refractivity contribution in [1.29, 1.82) is 0 Å². The number of hydrogen-bond acceptors (Lipinski definition) is 3. The zero-order valence-corrected chi connectivity index (χ0v) is 14.2. The summed E-state index contributed by atoms with van der Waals surface area (Å²) in [4.78, 5) is 12.1. The van der Waals surface area contributed by atoms with Crippen LogP contribution in [-0.2, 0) is 0 Å². The van der Waals surface area contributed by atoms with Gasteiger partial charge in [-0.25, -0.2) is 0 Å². The number of halogens is 1. The lowest BCUT2D eigenvalue weighted by Crippen LogP contribution is -1.97. The van der Waals surface area contributed by atoms with Crippen molar-refractivity contribution in [2.24, 2.45) is 0 Å². The largest absolute Gasteiger partial charge is 0.507 e. The van der Waals surface area contributed by atoms with Crippen molar-refractivity contribution in [2.45, 2.75) is 13.3 Å². The summed E-state index contributed by atoms with van der Waals surface area (Å²) in [6, 6.07) is 11.6. The molecule has 0 saturated carbocycles. The smallest absolute Gasteiger partial charge is 0.185 e. The fourth-order valence-electron chi connectivity index (χ4n) is 1.97. The first-order valence-corrected chi connectivity index (χ1v) is 7.91. The molecular weight excluding hydrogens is 324 g/mol. The number of carbonyl (C=O) groups excluding carboxylic acids is 1. The molecule has 0 aliphatic rings. The molecule has 24 heavy (non-hydrogen) atoms. The first kappa shape index (κ1) is 17.8. The molecule has 0 aliphatic carbocycles. The molecule has 0 aliphatic heterocycles. The van der Waals surface area contributed by atoms with Gasteiger partial charge in [-0.1, -0.05) is 17.2 Å². The van der Waals surface area contributed by atoms with Gasteiger partial charge in [-0.15, -0.1) is 6.58 Å². The van der Waals surface area contributed by atoms with E-state index in [0.717, 1.165) is 12.0 Å². The van der Waals surface area contributed by atoms with Crippen LogP contribution in [0.4, 0.5) is 0 Å². The van der Waals surface area contributed by atoms with Gasteiger partial charge in [0.05, 0.1) is 6.61 Å². The summed E-state index contributed by atoms with van der Waals surface area (Å²) in [6.45, 7) is 6.26. The molecule has 4 heteroatoms. The van der Waals surface area contributed by atoms with Crippen molar-refractivity contribution in [2.75, 3.05) is 6.61 Å². The molecule has 0 amide bonds. The molecule has 0 aromatic heterocycles. The van der Waals surface area contributed by atoms with Crippen LogP contribution >= 0.6 is 11.6 Å². The maximum atomic E-state index is 12.1. The minimum atomic E-state index is -0.159. The Bertz CT molecular complexity index is 761. The Hall–Kier alpha value is -2.52. The molecule has 0 saturated heterocycles. The molecule has 2 aromatic rings. The zero-order valence-electron chi connectivity index (χ0n) is 13.5. The van der Waals surface area contributed by atoms with Crippen LogP contribution in [0, 0.1) is 0 Å². The lowest BCUT2D eigenvalue weighted by atomic mass is 10.1. The van der Waals surface area contributed by atoms with Crippen molar-refractivity contribution in [1.82, 2.24) is 0 Å². The quantitative estimate of drug-likeness (QED) is 0.422. The number of hydrogen-bond donors (Lipinski definition) is 1. The highest BCUT2D eigenvalue weighted by Gasteiger charge is 2.04. The van der Waals surface area contributed by atoms with Crippen molar-refractivity contribution in [3.63, 3.8) is 0 Å². The SMILES string of the molecule is C=C(C)CCOc1ccc(C=CC(=O)c2ccc(Cl)cc2)c(O)c1. The number of ketones is 1. The van der Waals surface area contributed by atoms with Crippen LogP contribution in [0.2, 0.25) is 5.02 Å². The van der Waals surface area contributed by atoms with E-state index in [0.29, 0.717) is 28.5 Å². The van der Waals surface area contributed by atoms with Crippen LogP contribution in [0.1, 0.15) is 29.3 Å². The van der Waals surface area contributed by atoms with Gasteiger partial charge in [-0.2, -0.15) is 0 Å². The molecule has 0 radical (unpaired) electrons. The van der Waals surface area contributed by atoms with Gasteiger partial charge in [-0.05, 0) is 55.5 Å². The minimum Gasteiger partial charge on any atom is -0.507 e. The lowest BCUT2D eigenvalue weighted by Gasteiger charge is -2.07. The Morgan fingerprint density at radius 1 is 1.25 bits per heavy atom. The van der Waals surface area contributed by atoms with E-state index in [4.69, 9.17) is 16.3 Å². The average molecular weight is 343 g/mol. The normalized spacial score (nSPS) is 10.8. The van der Waals surface area contributed by atoms with Gasteiger partial charge in [-0.3, -0.25) is 4.79 Å². The zero-order chi connectivity index (χ0) is 17.5. The summed E-state index contributed by atoms with van der Waals surface area (Å²) >= 11 is 5.80. The van der Waals surface area contributed by atoms with Crippen LogP contribution in [-0.4, -0.2) is 17.5 Å². The van der Waals surface area contributed by atoms with E-state index < -0.39 is 0 Å². The predicted octanol–water partition coefficient (Wildman–Crippen LogP) is 5.29. The van der Waals surface area contributed by atoms with E-state index in [1.54, 1.807) is 42.5 Å². The van der Waals surface area contributed by atoms with Gasteiger partial charge in [0.2, 0.25) is 0 Å². The number of phenolic OH excluding ortho intramolecular Hbond substituents is 1. The molecule has 2 rings (SSSR count). The third-order valence-corrected chi connectivity index (χ3v) is 3.59. The summed E-state index contributed by atoms with van der Waals surface area (Å²) in [6.07, 6.45) is 3.75. The second kappa shape index (κ2) is 8.37. The molecule has 0 atom stereocenters. The van der Waals surface area contributed by atoms with Gasteiger partial charge in [0.15, 0.2) is 5.78 Å². The van der Waals surface area contributed by atoms with Crippen molar-refractivity contribution >= 4 is 23.5 Å². The van der Waals surface area contributed by atoms with E-state index in [2.05, 4.69) is 6.58 Å². The van der Waals surface area contributed by atoms with E-state index in [-0.39, 0.29) is 11.5 Å². The van der Waals surface area contributed by atoms with Gasteiger partial charge >= 0.3 is 0 Å². The monoisotopic (exact) mass is 342 g/mol. The van der Waals surface area contributed by atoms with Crippen molar-refractivity contribution in [3.05, 3.63) is 76.8 Å². The highest BCUT2D eigenvalue weighted by atomic mass is 35.5. The molecule has 0 unspecified atom stereocenters. The highest BCUT2D eigenvalue weighted by Crippen LogP contribution is 2.25. The fraction of sp³-hybridized carbons (Fsp3) is 0.150. The van der Waals surface area contributed by atoms with E-state index in [1.807, 2.05) is 6.92 Å². The number of benzene rings is 2. The summed E-state index contributed by atoms with van der Waals surface area (Å²) in [5.74, 6) is 0.478. The van der Waals surface area contributed by atoms with Gasteiger partial charge in [0, 0.05) is 28.6 Å². The lowest BCUT2D eigenvalue weighted by molar-refractivity contribution is 0.104. The van der Waals surface area contributed by atoms with Crippen LogP contribution in [0.15, 0.2) is 60.7 Å². The summed E-state index contributed by atoms with van der Waals surface area (Å²) in [5.41, 5.74) is 2.12. The summed E-state index contributed by atoms with van der Waals surface area (Å²) in [7, 11) is 0. The third-order valence-electron chi connectivity index (χ3n) is 3.34. The van der Waals surface area contributed by atoms with Crippen LogP contribution < -0.4 is 4.74 Å². The number of rotatable bonds is 7. The van der Waals surface area contributed by atoms with Gasteiger partial charge < -0.3 is 9.84 Å². The second-order valence-corrected chi connectivity index (χ2v) is 5.92. The molecule has 1 N–H and O–H groups in total. The maximum absolute atomic E-state index is 12.1. The molecular formula is C20H19ClO3. The van der Waals surface area contributed by atoms with Crippen LogP contribution in [0.3, 0.4) is 0 Å². The molecule has 0 fully saturated rings. The Balaban J connectivity index is 2.02. The number of aromatic hydroxyl groups is 1. The fourth-order valence-corrected chi connectivity index (χ4v) is 2.10. The molecule has 2 aromatic carbocycles. The second-order valence-electron chi connectivity index (χ2n) is 5.48. The number of allylic oxidation sites excluding steroid dienone is 1. The standard InChI is InChI=1S/C20H19ClO3/c1-14(2)11-12-24-18-9-5-16(20(23)13-18)6-10-19(22)15-3-7-17(21)8-4-15/h3-10,13,23H,1,11-12H2,2H3. The highest BCUT2D eigenvalue weighted by molar-refractivity contribution is 6.30. The van der Waals surface area contributed by atoms with Gasteiger partial charge in [0.1, 0.15) is 11.5 Å². The predicted molar refractivity (Wildman–Crippen MR) is 97.8 cm³/mol. The van der Waals surface area contributed by atoms with Crippen molar-refractivity contribution in [3.8, 4) is 11.5 Å². The van der Waals surface area contributed by atoms with Crippen LogP contribution in [0.5, 0.6) is 11.5 Å². The van der Waals surface area contributed by atoms with E-state index in [9.17, 15) is 9.90 Å². The maximum Gasteiger partial charge on any atom is 0.185 e. The number of carbonyl (C=O) groups is 1. The number of ether oxygens (including phenoxy) is 1. The van der Waals surface area contributed by atoms with E-state index >= 15 is 0 Å². The summed E-state index contributed by atoms with van der Waals surface area (Å²) in [5, 5.41) is 10.6. The van der Waals surface area contributed by atoms with Gasteiger partial charge in [0.25, 0.3) is 0 Å². The molecule has 0 heterocycles. The minimum absolute atomic E-state index is 0.0583. The average Bonchev–Trinajstić information content (AvgIpc) is 2.54. The summed E-state index contributed by atoms with van der Waals surface area (Å²) < 4.78 is 5.53. The molecule has 0 bridgehead atoms. The Morgan fingerprint density at radius 3 is 2.58 bits per heavy atom. The Morgan fingerprint density at radius 2 is 1.96 bits per heavy atom. The third kappa shape index (κ3) is 5.28.